The summed E-state index contributed by atoms with van der Waals surface area (Å²) in [6.45, 7) is 0. The summed E-state index contributed by atoms with van der Waals surface area (Å²) in [5.41, 5.74) is 0. The number of benzene rings is 7. The first kappa shape index (κ1) is 18.1. The van der Waals surface area contributed by atoms with Crippen LogP contribution in [0.1, 0.15) is 0 Å². The normalized spacial score (nSPS) is 12.7. The highest BCUT2D eigenvalue weighted by molar-refractivity contribution is 9.11. The number of rotatable bonds is 0. The van der Waals surface area contributed by atoms with E-state index in [-0.39, 0.29) is 0 Å². The van der Waals surface area contributed by atoms with Crippen LogP contribution in [0.4, 0.5) is 0 Å². The minimum atomic E-state index is 1.12. The van der Waals surface area contributed by atoms with Gasteiger partial charge in [0.15, 0.2) is 0 Å². The average molecular weight is 642 g/mol. The zero-order valence-corrected chi connectivity index (χ0v) is 21.6. The molecule has 142 valence electrons. The third-order valence-electron chi connectivity index (χ3n) is 6.44. The summed E-state index contributed by atoms with van der Waals surface area (Å²) in [6.07, 6.45) is 0. The topological polar surface area (TPSA) is 0 Å². The molecule has 7 aromatic rings. The Kier molecular flexibility index (Phi) is 3.67. The Balaban J connectivity index is 1.89. The van der Waals surface area contributed by atoms with Gasteiger partial charge in [-0.05, 0) is 76.8 Å². The summed E-state index contributed by atoms with van der Waals surface area (Å²) in [5, 5.41) is 15.6. The van der Waals surface area contributed by atoms with Gasteiger partial charge in [-0.25, -0.2) is 0 Å². The van der Waals surface area contributed by atoms with Crippen molar-refractivity contribution in [3.63, 3.8) is 0 Å². The maximum atomic E-state index is 3.78. The van der Waals surface area contributed by atoms with Crippen LogP contribution in [0.3, 0.4) is 0 Å². The van der Waals surface area contributed by atoms with Gasteiger partial charge in [0, 0.05) is 17.9 Å². The second kappa shape index (κ2) is 6.07. The lowest BCUT2D eigenvalue weighted by atomic mass is 9.85. The molecule has 0 saturated heterocycles. The van der Waals surface area contributed by atoms with E-state index in [4.69, 9.17) is 0 Å². The Bertz CT molecular complexity index is 1570. The van der Waals surface area contributed by atoms with Gasteiger partial charge in [0.1, 0.15) is 0 Å². The fourth-order valence-corrected chi connectivity index (χ4v) is 8.07. The van der Waals surface area contributed by atoms with Crippen LogP contribution in [0, 0.1) is 0 Å². The summed E-state index contributed by atoms with van der Waals surface area (Å²) < 4.78 is 4.48. The van der Waals surface area contributed by atoms with Crippen molar-refractivity contribution >= 4 is 128 Å². The molecule has 0 nitrogen and oxygen atoms in total. The maximum Gasteiger partial charge on any atom is 0.0265 e. The van der Waals surface area contributed by atoms with E-state index >= 15 is 0 Å². The van der Waals surface area contributed by atoms with Crippen LogP contribution in [0.25, 0.3) is 64.6 Å². The highest BCUT2D eigenvalue weighted by atomic mass is 79.9. The zero-order chi connectivity index (χ0) is 20.3. The van der Waals surface area contributed by atoms with E-state index in [0.29, 0.717) is 0 Å². The third kappa shape index (κ3) is 2.11. The van der Waals surface area contributed by atoms with Gasteiger partial charge in [-0.1, -0.05) is 112 Å². The molecule has 0 aromatic heterocycles. The van der Waals surface area contributed by atoms with Gasteiger partial charge in [0.2, 0.25) is 0 Å². The molecule has 0 amide bonds. The standard InChI is InChI=1S/C26H10Br4/c27-19-9-20(28)16-7-3-13-14-4-8-18-22(30)10-21(29)17-6-2-12(24(14)26(17)18)11-1-5-15(19)25(16)23(11)13/h1-10H. The lowest BCUT2D eigenvalue weighted by Gasteiger charge is -2.19. The Hall–Kier alpha value is -1.46. The summed E-state index contributed by atoms with van der Waals surface area (Å²) >= 11 is 15.1. The zero-order valence-electron chi connectivity index (χ0n) is 15.3. The van der Waals surface area contributed by atoms with Gasteiger partial charge >= 0.3 is 0 Å². The van der Waals surface area contributed by atoms with Crippen LogP contribution in [0.2, 0.25) is 0 Å². The predicted octanol–water partition coefficient (Wildman–Crippen LogP) is 10.5. The van der Waals surface area contributed by atoms with Crippen LogP contribution >= 0.6 is 63.7 Å². The second-order valence-electron chi connectivity index (χ2n) is 7.82. The minimum absolute atomic E-state index is 1.12. The van der Waals surface area contributed by atoms with Crippen molar-refractivity contribution in [3.05, 3.63) is 78.6 Å². The lowest BCUT2D eigenvalue weighted by molar-refractivity contribution is 1.71. The molecule has 0 fully saturated rings. The molecule has 0 atom stereocenters. The molecule has 7 aromatic carbocycles. The fourth-order valence-electron chi connectivity index (χ4n) is 5.22. The van der Waals surface area contributed by atoms with E-state index in [1.54, 1.807) is 0 Å². The second-order valence-corrected chi connectivity index (χ2v) is 11.2. The Labute approximate surface area is 205 Å². The van der Waals surface area contributed by atoms with Gasteiger partial charge in [-0.2, -0.15) is 0 Å². The SMILES string of the molecule is Brc1cc(Br)c2ccc3c4ccc5c(Br)cc(Br)c6ccc(c7ccc1c2c73)c4c65. The van der Waals surface area contributed by atoms with Gasteiger partial charge < -0.3 is 0 Å². The molecule has 0 aliphatic heterocycles. The smallest absolute Gasteiger partial charge is 0.0265 e. The molecule has 30 heavy (non-hydrogen) atoms. The molecule has 0 saturated carbocycles. The van der Waals surface area contributed by atoms with Crippen molar-refractivity contribution in [2.75, 3.05) is 0 Å². The van der Waals surface area contributed by atoms with Gasteiger partial charge in [-0.15, -0.1) is 0 Å². The molecule has 0 aliphatic carbocycles. The number of hydrogen-bond donors (Lipinski definition) is 0. The van der Waals surface area contributed by atoms with Crippen molar-refractivity contribution in [3.8, 4) is 0 Å². The molecule has 0 unspecified atom stereocenters. The summed E-state index contributed by atoms with van der Waals surface area (Å²) in [6, 6.07) is 22.5. The van der Waals surface area contributed by atoms with Crippen molar-refractivity contribution in [2.45, 2.75) is 0 Å². The van der Waals surface area contributed by atoms with Crippen molar-refractivity contribution in [1.82, 2.24) is 0 Å². The molecule has 0 radical (unpaired) electrons. The first-order valence-electron chi connectivity index (χ1n) is 9.55. The van der Waals surface area contributed by atoms with Crippen molar-refractivity contribution in [1.29, 1.82) is 0 Å². The summed E-state index contributed by atoms with van der Waals surface area (Å²) in [5.74, 6) is 0. The molecule has 0 bridgehead atoms. The monoisotopic (exact) mass is 638 g/mol. The van der Waals surface area contributed by atoms with E-state index in [1.165, 1.54) is 64.6 Å². The molecule has 0 N–H and O–H groups in total. The first-order valence-corrected chi connectivity index (χ1v) is 12.7. The molecule has 4 heteroatoms. The first-order chi connectivity index (χ1) is 14.5. The molecule has 0 aliphatic rings. The van der Waals surface area contributed by atoms with E-state index in [1.807, 2.05) is 0 Å². The Morgan fingerprint density at radius 3 is 0.767 bits per heavy atom. The highest BCUT2D eigenvalue weighted by Gasteiger charge is 2.20. The van der Waals surface area contributed by atoms with Gasteiger partial charge in [0.05, 0.1) is 0 Å². The summed E-state index contributed by atoms with van der Waals surface area (Å²) in [7, 11) is 0. The number of fused-ring (bicyclic) bond motifs is 2. The third-order valence-corrected chi connectivity index (χ3v) is 9.06. The van der Waals surface area contributed by atoms with Crippen molar-refractivity contribution < 1.29 is 0 Å². The van der Waals surface area contributed by atoms with E-state index in [0.717, 1.165) is 17.9 Å². The molecular formula is C26H10Br4. The van der Waals surface area contributed by atoms with Crippen molar-refractivity contribution in [2.24, 2.45) is 0 Å². The van der Waals surface area contributed by atoms with Crippen LogP contribution in [-0.4, -0.2) is 0 Å². The molecule has 0 spiro atoms. The number of hydrogen-bond acceptors (Lipinski definition) is 0. The molecule has 7 rings (SSSR count). The fraction of sp³-hybridized carbons (Fsp3) is 0. The van der Waals surface area contributed by atoms with E-state index in [9.17, 15) is 0 Å². The quantitative estimate of drug-likeness (QED) is 0.114. The van der Waals surface area contributed by atoms with Crippen LogP contribution < -0.4 is 0 Å². The molecular weight excluding hydrogens is 632 g/mol. The van der Waals surface area contributed by atoms with Gasteiger partial charge in [-0.3, -0.25) is 0 Å². The van der Waals surface area contributed by atoms with Crippen LogP contribution in [0.5, 0.6) is 0 Å². The lowest BCUT2D eigenvalue weighted by Crippen LogP contribution is -1.91. The van der Waals surface area contributed by atoms with E-state index in [2.05, 4.69) is 124 Å². The van der Waals surface area contributed by atoms with E-state index < -0.39 is 0 Å². The highest BCUT2D eigenvalue weighted by Crippen LogP contribution is 2.49. The van der Waals surface area contributed by atoms with Crippen LogP contribution in [-0.2, 0) is 0 Å². The predicted molar refractivity (Wildman–Crippen MR) is 145 cm³/mol. The Morgan fingerprint density at radius 1 is 0.300 bits per heavy atom. The largest absolute Gasteiger partial charge is 0.0531 e. The minimum Gasteiger partial charge on any atom is -0.0531 e. The van der Waals surface area contributed by atoms with Gasteiger partial charge in [0.25, 0.3) is 0 Å². The van der Waals surface area contributed by atoms with Crippen LogP contribution in [0.15, 0.2) is 78.6 Å². The average Bonchev–Trinajstić information content (AvgIpc) is 2.74. The Morgan fingerprint density at radius 2 is 0.500 bits per heavy atom. The summed E-state index contributed by atoms with van der Waals surface area (Å²) in [4.78, 5) is 0. The number of halogens is 4. The molecule has 0 heterocycles. The maximum absolute atomic E-state index is 3.78.